The van der Waals surface area contributed by atoms with E-state index in [-0.39, 0.29) is 18.0 Å². The van der Waals surface area contributed by atoms with E-state index in [4.69, 9.17) is 5.11 Å². The standard InChI is InChI=1S/C14H16N4O3/c1-10-13(14(21)15-9-5-8-12(19)20)16-17-18(10)11-6-3-2-4-7-11/h2-4,6-7H,5,8-9H2,1H3,(H,15,21)(H,19,20). The molecule has 21 heavy (non-hydrogen) atoms. The normalized spacial score (nSPS) is 10.3. The van der Waals surface area contributed by atoms with Crippen LogP contribution < -0.4 is 5.32 Å². The zero-order valence-corrected chi connectivity index (χ0v) is 11.6. The van der Waals surface area contributed by atoms with E-state index < -0.39 is 5.97 Å². The monoisotopic (exact) mass is 288 g/mol. The molecule has 2 aromatic rings. The zero-order chi connectivity index (χ0) is 15.2. The highest BCUT2D eigenvalue weighted by atomic mass is 16.4. The number of hydrogen-bond acceptors (Lipinski definition) is 4. The highest BCUT2D eigenvalue weighted by Crippen LogP contribution is 2.11. The van der Waals surface area contributed by atoms with Crippen molar-refractivity contribution in [3.05, 3.63) is 41.7 Å². The smallest absolute Gasteiger partial charge is 0.303 e. The summed E-state index contributed by atoms with van der Waals surface area (Å²) in [6, 6.07) is 9.39. The van der Waals surface area contributed by atoms with E-state index in [0.717, 1.165) is 5.69 Å². The molecule has 0 atom stereocenters. The molecule has 2 rings (SSSR count). The van der Waals surface area contributed by atoms with Crippen molar-refractivity contribution in [3.63, 3.8) is 0 Å². The molecule has 0 radical (unpaired) electrons. The van der Waals surface area contributed by atoms with Crippen molar-refractivity contribution in [1.29, 1.82) is 0 Å². The van der Waals surface area contributed by atoms with Gasteiger partial charge in [0.25, 0.3) is 5.91 Å². The van der Waals surface area contributed by atoms with Crippen LogP contribution in [0.1, 0.15) is 29.0 Å². The molecule has 1 aromatic carbocycles. The van der Waals surface area contributed by atoms with Crippen LogP contribution in [0.4, 0.5) is 0 Å². The number of para-hydroxylation sites is 1. The summed E-state index contributed by atoms with van der Waals surface area (Å²) in [6.07, 6.45) is 0.406. The van der Waals surface area contributed by atoms with Crippen LogP contribution in [0.2, 0.25) is 0 Å². The van der Waals surface area contributed by atoms with Crippen molar-refractivity contribution in [2.24, 2.45) is 0 Å². The number of amides is 1. The van der Waals surface area contributed by atoms with Crippen molar-refractivity contribution in [2.75, 3.05) is 6.54 Å². The first kappa shape index (κ1) is 14.7. The van der Waals surface area contributed by atoms with Gasteiger partial charge in [-0.05, 0) is 25.5 Å². The summed E-state index contributed by atoms with van der Waals surface area (Å²) in [5.74, 6) is -1.23. The minimum absolute atomic E-state index is 0.0238. The number of nitrogens with one attached hydrogen (secondary N) is 1. The van der Waals surface area contributed by atoms with Gasteiger partial charge < -0.3 is 10.4 Å². The fraction of sp³-hybridized carbons (Fsp3) is 0.286. The van der Waals surface area contributed by atoms with Crippen LogP contribution in [0.25, 0.3) is 5.69 Å². The molecule has 1 heterocycles. The van der Waals surface area contributed by atoms with E-state index in [1.165, 1.54) is 0 Å². The molecule has 7 nitrogen and oxygen atoms in total. The Morgan fingerprint density at radius 1 is 1.29 bits per heavy atom. The average molecular weight is 288 g/mol. The van der Waals surface area contributed by atoms with Gasteiger partial charge in [0.05, 0.1) is 11.4 Å². The number of nitrogens with zero attached hydrogens (tertiary/aromatic N) is 3. The van der Waals surface area contributed by atoms with E-state index in [1.54, 1.807) is 11.6 Å². The van der Waals surface area contributed by atoms with Gasteiger partial charge in [0.15, 0.2) is 5.69 Å². The number of benzene rings is 1. The highest BCUT2D eigenvalue weighted by Gasteiger charge is 2.16. The predicted octanol–water partition coefficient (Wildman–Crippen LogP) is 1.17. The average Bonchev–Trinajstić information content (AvgIpc) is 2.86. The van der Waals surface area contributed by atoms with Gasteiger partial charge in [-0.1, -0.05) is 23.4 Å². The maximum absolute atomic E-state index is 12.0. The van der Waals surface area contributed by atoms with Gasteiger partial charge in [-0.25, -0.2) is 4.68 Å². The van der Waals surface area contributed by atoms with Gasteiger partial charge >= 0.3 is 5.97 Å². The van der Waals surface area contributed by atoms with Crippen LogP contribution in [0, 0.1) is 6.92 Å². The van der Waals surface area contributed by atoms with Crippen molar-refractivity contribution in [2.45, 2.75) is 19.8 Å². The summed E-state index contributed by atoms with van der Waals surface area (Å²) >= 11 is 0. The lowest BCUT2D eigenvalue weighted by molar-refractivity contribution is -0.137. The molecule has 0 saturated heterocycles. The number of carbonyl (C=O) groups is 2. The molecule has 0 saturated carbocycles. The molecule has 0 bridgehead atoms. The van der Waals surface area contributed by atoms with E-state index in [9.17, 15) is 9.59 Å². The second kappa shape index (κ2) is 6.65. The summed E-state index contributed by atoms with van der Waals surface area (Å²) in [5, 5.41) is 19.0. The molecule has 0 aliphatic heterocycles. The van der Waals surface area contributed by atoms with Crippen molar-refractivity contribution < 1.29 is 14.7 Å². The van der Waals surface area contributed by atoms with E-state index in [0.29, 0.717) is 18.7 Å². The lowest BCUT2D eigenvalue weighted by Crippen LogP contribution is -2.26. The lowest BCUT2D eigenvalue weighted by Gasteiger charge is -2.04. The largest absolute Gasteiger partial charge is 0.481 e. The van der Waals surface area contributed by atoms with Crippen LogP contribution in [-0.4, -0.2) is 38.5 Å². The SMILES string of the molecule is Cc1c(C(=O)NCCCC(=O)O)nnn1-c1ccccc1. The predicted molar refractivity (Wildman–Crippen MR) is 75.3 cm³/mol. The summed E-state index contributed by atoms with van der Waals surface area (Å²) < 4.78 is 1.59. The van der Waals surface area contributed by atoms with E-state index >= 15 is 0 Å². The second-order valence-electron chi connectivity index (χ2n) is 4.52. The Bertz CT molecular complexity index is 637. The third kappa shape index (κ3) is 3.65. The second-order valence-corrected chi connectivity index (χ2v) is 4.52. The summed E-state index contributed by atoms with van der Waals surface area (Å²) in [5.41, 5.74) is 1.71. The Kier molecular flexibility index (Phi) is 4.65. The van der Waals surface area contributed by atoms with Crippen LogP contribution in [0.15, 0.2) is 30.3 Å². The molecule has 0 fully saturated rings. The van der Waals surface area contributed by atoms with Crippen LogP contribution in [0.5, 0.6) is 0 Å². The Morgan fingerprint density at radius 2 is 2.00 bits per heavy atom. The van der Waals surface area contributed by atoms with Crippen LogP contribution in [0.3, 0.4) is 0 Å². The maximum atomic E-state index is 12.0. The van der Waals surface area contributed by atoms with E-state index in [1.807, 2.05) is 30.3 Å². The number of hydrogen-bond donors (Lipinski definition) is 2. The summed E-state index contributed by atoms with van der Waals surface area (Å²) in [6.45, 7) is 2.06. The fourth-order valence-corrected chi connectivity index (χ4v) is 1.88. The Balaban J connectivity index is 2.03. The number of aliphatic carboxylic acids is 1. The molecule has 0 spiro atoms. The number of carboxylic acid groups (broad SMARTS) is 1. The number of rotatable bonds is 6. The molecule has 0 aliphatic rings. The van der Waals surface area contributed by atoms with Gasteiger partial charge in [0.2, 0.25) is 0 Å². The molecular formula is C14H16N4O3. The first-order valence-electron chi connectivity index (χ1n) is 6.57. The van der Waals surface area contributed by atoms with Crippen molar-refractivity contribution >= 4 is 11.9 Å². The van der Waals surface area contributed by atoms with Crippen molar-refractivity contribution in [1.82, 2.24) is 20.3 Å². The first-order valence-corrected chi connectivity index (χ1v) is 6.57. The van der Waals surface area contributed by atoms with Gasteiger partial charge in [-0.2, -0.15) is 0 Å². The first-order chi connectivity index (χ1) is 10.1. The molecule has 1 amide bonds. The molecular weight excluding hydrogens is 272 g/mol. The number of aromatic nitrogens is 3. The summed E-state index contributed by atoms with van der Waals surface area (Å²) in [7, 11) is 0. The Hall–Kier alpha value is -2.70. The van der Waals surface area contributed by atoms with Crippen LogP contribution >= 0.6 is 0 Å². The molecule has 0 unspecified atom stereocenters. The highest BCUT2D eigenvalue weighted by molar-refractivity contribution is 5.93. The van der Waals surface area contributed by atoms with Gasteiger partial charge in [0.1, 0.15) is 0 Å². The quantitative estimate of drug-likeness (QED) is 0.778. The summed E-state index contributed by atoms with van der Waals surface area (Å²) in [4.78, 5) is 22.4. The third-order valence-electron chi connectivity index (χ3n) is 2.96. The molecule has 1 aromatic heterocycles. The van der Waals surface area contributed by atoms with Gasteiger partial charge in [-0.3, -0.25) is 9.59 Å². The molecule has 2 N–H and O–H groups in total. The van der Waals surface area contributed by atoms with Gasteiger partial charge in [-0.15, -0.1) is 5.10 Å². The zero-order valence-electron chi connectivity index (χ0n) is 11.6. The third-order valence-corrected chi connectivity index (χ3v) is 2.96. The maximum Gasteiger partial charge on any atom is 0.303 e. The van der Waals surface area contributed by atoms with Crippen molar-refractivity contribution in [3.8, 4) is 5.69 Å². The van der Waals surface area contributed by atoms with E-state index in [2.05, 4.69) is 15.6 Å². The molecule has 110 valence electrons. The Labute approximate surface area is 121 Å². The fourth-order valence-electron chi connectivity index (χ4n) is 1.88. The molecule has 7 heteroatoms. The lowest BCUT2D eigenvalue weighted by atomic mass is 10.2. The topological polar surface area (TPSA) is 97.1 Å². The minimum Gasteiger partial charge on any atom is -0.481 e. The number of carboxylic acids is 1. The molecule has 0 aliphatic carbocycles. The number of carbonyl (C=O) groups excluding carboxylic acids is 1. The van der Waals surface area contributed by atoms with Crippen LogP contribution in [-0.2, 0) is 4.79 Å². The Morgan fingerprint density at radius 3 is 2.67 bits per heavy atom. The minimum atomic E-state index is -0.879. The van der Waals surface area contributed by atoms with Gasteiger partial charge in [0, 0.05) is 13.0 Å².